The number of Topliss-reactive ketones (excluding diaryl/α,β-unsaturated/α-hetero) is 1. The number of hydrogen-bond acceptors (Lipinski definition) is 3. The minimum absolute atomic E-state index is 0.0983. The van der Waals surface area contributed by atoms with E-state index in [1.54, 1.807) is 0 Å². The number of aliphatic imine (C=N–C) groups is 1. The van der Waals surface area contributed by atoms with Crippen molar-refractivity contribution in [3.63, 3.8) is 0 Å². The van der Waals surface area contributed by atoms with Crippen molar-refractivity contribution in [3.05, 3.63) is 41.6 Å². The highest BCUT2D eigenvalue weighted by molar-refractivity contribution is 6.33. The summed E-state index contributed by atoms with van der Waals surface area (Å²) in [4.78, 5) is 26.6. The van der Waals surface area contributed by atoms with Gasteiger partial charge in [0.1, 0.15) is 17.6 Å². The summed E-state index contributed by atoms with van der Waals surface area (Å²) in [5, 5.41) is 0. The molecule has 0 saturated carbocycles. The summed E-state index contributed by atoms with van der Waals surface area (Å²) >= 11 is 0. The van der Waals surface area contributed by atoms with Crippen LogP contribution in [0.15, 0.2) is 29.4 Å². The first kappa shape index (κ1) is 12.1. The van der Waals surface area contributed by atoms with E-state index in [1.807, 2.05) is 0 Å². The Morgan fingerprint density at radius 3 is 2.67 bits per heavy atom. The number of allylic oxidation sites excluding steroid dienone is 1. The molecule has 0 fully saturated rings. The second-order valence-corrected chi connectivity index (χ2v) is 3.71. The van der Waals surface area contributed by atoms with Gasteiger partial charge in [0.2, 0.25) is 5.91 Å². The molecular weight excluding hydrogens is 242 g/mol. The molecule has 4 nitrogen and oxygen atoms in total. The molecule has 1 aromatic rings. The first-order valence-electron chi connectivity index (χ1n) is 5.03. The van der Waals surface area contributed by atoms with Gasteiger partial charge in [0.25, 0.3) is 0 Å². The predicted octanol–water partition coefficient (Wildman–Crippen LogP) is 1.06. The molecule has 0 aromatic heterocycles. The fourth-order valence-corrected chi connectivity index (χ4v) is 1.62. The van der Waals surface area contributed by atoms with Gasteiger partial charge >= 0.3 is 0 Å². The lowest BCUT2D eigenvalue weighted by Crippen LogP contribution is -2.33. The van der Waals surface area contributed by atoms with Crippen molar-refractivity contribution in [1.82, 2.24) is 0 Å². The fourth-order valence-electron chi connectivity index (χ4n) is 1.62. The van der Waals surface area contributed by atoms with Crippen molar-refractivity contribution in [2.24, 2.45) is 16.6 Å². The minimum Gasteiger partial charge on any atom is -0.369 e. The van der Waals surface area contributed by atoms with Gasteiger partial charge in [0.15, 0.2) is 5.78 Å². The number of amides is 1. The number of nitrogens with zero attached hydrogens (tertiary/aromatic N) is 1. The van der Waals surface area contributed by atoms with Crippen LogP contribution >= 0.6 is 0 Å². The molecular formula is C12H8F2N2O2. The third-order valence-corrected chi connectivity index (χ3v) is 2.51. The molecule has 1 atom stereocenters. The molecule has 1 amide bonds. The first-order chi connectivity index (χ1) is 8.50. The number of hydrogen-bond donors (Lipinski definition) is 1. The van der Waals surface area contributed by atoms with Gasteiger partial charge in [0, 0.05) is 29.6 Å². The van der Waals surface area contributed by atoms with E-state index >= 15 is 0 Å². The Balaban J connectivity index is 2.45. The Labute approximate surface area is 101 Å². The number of nitrogens with two attached hydrogens (primary N) is 1. The lowest BCUT2D eigenvalue weighted by molar-refractivity contribution is -0.126. The highest BCUT2D eigenvalue weighted by Gasteiger charge is 2.29. The zero-order chi connectivity index (χ0) is 13.3. The van der Waals surface area contributed by atoms with E-state index in [1.165, 1.54) is 0 Å². The van der Waals surface area contributed by atoms with E-state index < -0.39 is 29.2 Å². The van der Waals surface area contributed by atoms with Crippen molar-refractivity contribution in [2.45, 2.75) is 0 Å². The van der Waals surface area contributed by atoms with E-state index in [0.29, 0.717) is 6.07 Å². The number of halogens is 2. The summed E-state index contributed by atoms with van der Waals surface area (Å²) in [5.41, 5.74) is 4.82. The average Bonchev–Trinajstić information content (AvgIpc) is 2.30. The molecule has 1 aliphatic rings. The Morgan fingerprint density at radius 1 is 1.33 bits per heavy atom. The van der Waals surface area contributed by atoms with Gasteiger partial charge < -0.3 is 5.73 Å². The Bertz CT molecular complexity index is 594. The number of benzene rings is 1. The lowest BCUT2D eigenvalue weighted by Gasteiger charge is -2.14. The summed E-state index contributed by atoms with van der Waals surface area (Å²) in [7, 11) is 0. The number of carbonyl (C=O) groups is 2. The van der Waals surface area contributed by atoms with Crippen molar-refractivity contribution >= 4 is 23.5 Å². The largest absolute Gasteiger partial charge is 0.369 e. The molecule has 6 heteroatoms. The Hall–Kier alpha value is -2.37. The standard InChI is InChI=1S/C12H8F2N2O2/c13-6-1-2-7(10(14)3-6)8-4-16-5-9(11(8)17)12(15)18/h1-5,9H,(H2,15,18). The highest BCUT2D eigenvalue weighted by Crippen LogP contribution is 2.24. The molecule has 0 radical (unpaired) electrons. The van der Waals surface area contributed by atoms with Gasteiger partial charge in [-0.3, -0.25) is 14.6 Å². The molecule has 18 heavy (non-hydrogen) atoms. The third-order valence-electron chi connectivity index (χ3n) is 2.51. The van der Waals surface area contributed by atoms with Gasteiger partial charge in [-0.25, -0.2) is 8.78 Å². The van der Waals surface area contributed by atoms with Crippen LogP contribution in [0.3, 0.4) is 0 Å². The molecule has 1 aromatic carbocycles. The van der Waals surface area contributed by atoms with Crippen molar-refractivity contribution in [1.29, 1.82) is 0 Å². The summed E-state index contributed by atoms with van der Waals surface area (Å²) in [6.45, 7) is 0. The van der Waals surface area contributed by atoms with E-state index in [-0.39, 0.29) is 11.1 Å². The van der Waals surface area contributed by atoms with Crippen LogP contribution in [0.4, 0.5) is 8.78 Å². The zero-order valence-electron chi connectivity index (χ0n) is 9.06. The fraction of sp³-hybridized carbons (Fsp3) is 0.0833. The Kier molecular flexibility index (Phi) is 3.01. The second-order valence-electron chi connectivity index (χ2n) is 3.71. The number of primary amides is 1. The maximum atomic E-state index is 13.5. The zero-order valence-corrected chi connectivity index (χ0v) is 9.06. The van der Waals surface area contributed by atoms with Gasteiger partial charge in [-0.2, -0.15) is 0 Å². The molecule has 1 unspecified atom stereocenters. The average molecular weight is 250 g/mol. The third kappa shape index (κ3) is 2.04. The summed E-state index contributed by atoms with van der Waals surface area (Å²) < 4.78 is 26.3. The second kappa shape index (κ2) is 4.48. The van der Waals surface area contributed by atoms with Crippen LogP contribution in [0.5, 0.6) is 0 Å². The van der Waals surface area contributed by atoms with Gasteiger partial charge in [-0.1, -0.05) is 0 Å². The molecule has 0 bridgehead atoms. The SMILES string of the molecule is NC(=O)C1C=NC=C(c2ccc(F)cc2F)C1=O. The molecule has 2 rings (SSSR count). The molecule has 1 aliphatic heterocycles. The van der Waals surface area contributed by atoms with Crippen LogP contribution in [0.25, 0.3) is 5.57 Å². The predicted molar refractivity (Wildman–Crippen MR) is 60.5 cm³/mol. The van der Waals surface area contributed by atoms with E-state index in [9.17, 15) is 18.4 Å². The number of ketones is 1. The number of rotatable bonds is 2. The highest BCUT2D eigenvalue weighted by atomic mass is 19.1. The van der Waals surface area contributed by atoms with E-state index in [0.717, 1.165) is 24.5 Å². The topological polar surface area (TPSA) is 72.5 Å². The first-order valence-corrected chi connectivity index (χ1v) is 5.03. The molecule has 1 heterocycles. The van der Waals surface area contributed by atoms with Crippen LogP contribution in [0.2, 0.25) is 0 Å². The van der Waals surface area contributed by atoms with Gasteiger partial charge in [0.05, 0.1) is 0 Å². The maximum absolute atomic E-state index is 13.5. The normalized spacial score (nSPS) is 18.7. The van der Waals surface area contributed by atoms with E-state index in [2.05, 4.69) is 4.99 Å². The van der Waals surface area contributed by atoms with Gasteiger partial charge in [-0.15, -0.1) is 0 Å². The molecule has 0 aliphatic carbocycles. The summed E-state index contributed by atoms with van der Waals surface area (Å²) in [6.07, 6.45) is 2.22. The van der Waals surface area contributed by atoms with E-state index in [4.69, 9.17) is 5.73 Å². The summed E-state index contributed by atoms with van der Waals surface area (Å²) in [5.74, 6) is -4.38. The van der Waals surface area contributed by atoms with Crippen molar-refractivity contribution < 1.29 is 18.4 Å². The maximum Gasteiger partial charge on any atom is 0.233 e. The van der Waals surface area contributed by atoms with Crippen molar-refractivity contribution in [2.75, 3.05) is 0 Å². The molecule has 2 N–H and O–H groups in total. The lowest BCUT2D eigenvalue weighted by atomic mass is 9.91. The van der Waals surface area contributed by atoms with Crippen LogP contribution < -0.4 is 5.73 Å². The van der Waals surface area contributed by atoms with Crippen LogP contribution in [-0.4, -0.2) is 17.9 Å². The number of carbonyl (C=O) groups excluding carboxylic acids is 2. The Morgan fingerprint density at radius 2 is 2.06 bits per heavy atom. The monoisotopic (exact) mass is 250 g/mol. The van der Waals surface area contributed by atoms with Crippen molar-refractivity contribution in [3.8, 4) is 0 Å². The van der Waals surface area contributed by atoms with Crippen LogP contribution in [0, 0.1) is 17.6 Å². The van der Waals surface area contributed by atoms with Crippen LogP contribution in [-0.2, 0) is 9.59 Å². The molecule has 0 saturated heterocycles. The smallest absolute Gasteiger partial charge is 0.233 e. The summed E-state index contributed by atoms with van der Waals surface area (Å²) in [6, 6.07) is 2.79. The van der Waals surface area contributed by atoms with Crippen LogP contribution in [0.1, 0.15) is 5.56 Å². The quantitative estimate of drug-likeness (QED) is 0.797. The molecule has 92 valence electrons. The minimum atomic E-state index is -1.21. The molecule has 0 spiro atoms. The van der Waals surface area contributed by atoms with Gasteiger partial charge in [-0.05, 0) is 12.1 Å².